The van der Waals surface area contributed by atoms with Crippen LogP contribution in [0.5, 0.6) is 0 Å². The quantitative estimate of drug-likeness (QED) is 0.265. The maximum Gasteiger partial charge on any atom is 0.339 e. The highest BCUT2D eigenvalue weighted by atomic mass is 32.1. The van der Waals surface area contributed by atoms with E-state index in [-0.39, 0.29) is 28.3 Å². The van der Waals surface area contributed by atoms with Crippen molar-refractivity contribution < 1.29 is 24.0 Å². The first-order chi connectivity index (χ1) is 14.4. The van der Waals surface area contributed by atoms with Crippen molar-refractivity contribution >= 4 is 40.4 Å². The lowest BCUT2D eigenvalue weighted by molar-refractivity contribution is -0.385. The fourth-order valence-electron chi connectivity index (χ4n) is 2.69. The van der Waals surface area contributed by atoms with Crippen molar-refractivity contribution in [3.63, 3.8) is 0 Å². The number of hydrogen-bond donors (Lipinski definition) is 1. The third kappa shape index (κ3) is 4.76. The Bertz CT molecular complexity index is 1120. The number of anilines is 1. The smallest absolute Gasteiger partial charge is 0.339 e. The van der Waals surface area contributed by atoms with Crippen LogP contribution in [0.2, 0.25) is 0 Å². The maximum absolute atomic E-state index is 12.6. The lowest BCUT2D eigenvalue weighted by Crippen LogP contribution is -2.22. The molecule has 0 radical (unpaired) electrons. The van der Waals surface area contributed by atoms with Gasteiger partial charge in [0, 0.05) is 22.9 Å². The molecular weight excluding hydrogens is 408 g/mol. The Kier molecular flexibility index (Phi) is 6.33. The van der Waals surface area contributed by atoms with Crippen molar-refractivity contribution in [3.05, 3.63) is 91.7 Å². The minimum absolute atomic E-state index is 0.0506. The summed E-state index contributed by atoms with van der Waals surface area (Å²) in [5.74, 6) is -1.79. The van der Waals surface area contributed by atoms with Crippen LogP contribution in [-0.2, 0) is 9.53 Å². The van der Waals surface area contributed by atoms with E-state index in [2.05, 4.69) is 5.32 Å². The minimum atomic E-state index is -0.819. The van der Waals surface area contributed by atoms with Gasteiger partial charge in [0.1, 0.15) is 0 Å². The average molecular weight is 424 g/mol. The van der Waals surface area contributed by atoms with E-state index in [0.717, 1.165) is 0 Å². The number of nitro benzene ring substituents is 1. The summed E-state index contributed by atoms with van der Waals surface area (Å²) in [6.45, 7) is 0.975. The Balaban J connectivity index is 1.66. The van der Waals surface area contributed by atoms with E-state index >= 15 is 0 Å². The molecule has 1 aromatic heterocycles. The van der Waals surface area contributed by atoms with Crippen LogP contribution in [0.4, 0.5) is 11.4 Å². The van der Waals surface area contributed by atoms with Gasteiger partial charge in [-0.1, -0.05) is 30.3 Å². The van der Waals surface area contributed by atoms with Gasteiger partial charge >= 0.3 is 5.97 Å². The molecule has 1 heterocycles. The van der Waals surface area contributed by atoms with Crippen molar-refractivity contribution in [1.29, 1.82) is 0 Å². The molecule has 0 aliphatic carbocycles. The second-order valence-corrected chi connectivity index (χ2v) is 7.18. The number of nitrogens with one attached hydrogen (secondary N) is 1. The normalized spacial score (nSPS) is 10.3. The lowest BCUT2D eigenvalue weighted by Gasteiger charge is -2.09. The molecule has 1 amide bonds. The molecule has 8 nitrogen and oxygen atoms in total. The fourth-order valence-corrected chi connectivity index (χ4v) is 3.37. The van der Waals surface area contributed by atoms with Crippen LogP contribution in [0, 0.1) is 17.0 Å². The summed E-state index contributed by atoms with van der Waals surface area (Å²) < 4.78 is 5.04. The molecule has 3 aromatic rings. The molecule has 30 heavy (non-hydrogen) atoms. The van der Waals surface area contributed by atoms with Gasteiger partial charge in [-0.05, 0) is 30.5 Å². The SMILES string of the molecule is Cc1ccc(NC(=O)COC(=O)c2ccccc2C(=O)c2cccs2)cc1[N+](=O)[O-]. The Labute approximate surface area is 175 Å². The first-order valence-electron chi connectivity index (χ1n) is 8.76. The predicted octanol–water partition coefficient (Wildman–Crippen LogP) is 3.99. The topological polar surface area (TPSA) is 116 Å². The highest BCUT2D eigenvalue weighted by Gasteiger charge is 2.20. The van der Waals surface area contributed by atoms with Crippen molar-refractivity contribution in [3.8, 4) is 0 Å². The predicted molar refractivity (Wildman–Crippen MR) is 111 cm³/mol. The standard InChI is InChI=1S/C21H16N2O6S/c1-13-8-9-14(11-17(13)23(27)28)22-19(24)12-29-21(26)16-6-3-2-5-15(16)20(25)18-7-4-10-30-18/h2-11H,12H2,1H3,(H,22,24). The van der Waals surface area contributed by atoms with Crippen LogP contribution >= 0.6 is 11.3 Å². The van der Waals surface area contributed by atoms with Crippen LogP contribution in [0.15, 0.2) is 60.0 Å². The molecular formula is C21H16N2O6S. The Morgan fingerprint density at radius 3 is 2.47 bits per heavy atom. The number of carbonyl (C=O) groups excluding carboxylic acids is 3. The van der Waals surface area contributed by atoms with Crippen molar-refractivity contribution in [1.82, 2.24) is 0 Å². The van der Waals surface area contributed by atoms with Crippen LogP contribution in [-0.4, -0.2) is 29.2 Å². The zero-order valence-electron chi connectivity index (χ0n) is 15.8. The first kappa shape index (κ1) is 20.9. The monoisotopic (exact) mass is 424 g/mol. The molecule has 0 bridgehead atoms. The molecule has 2 aromatic carbocycles. The summed E-state index contributed by atoms with van der Waals surface area (Å²) in [6, 6.07) is 13.8. The molecule has 0 fully saturated rings. The van der Waals surface area contributed by atoms with Crippen molar-refractivity contribution in [2.75, 3.05) is 11.9 Å². The number of benzene rings is 2. The molecule has 0 unspecified atom stereocenters. The molecule has 0 spiro atoms. The molecule has 0 saturated carbocycles. The number of amides is 1. The average Bonchev–Trinajstić information content (AvgIpc) is 3.27. The third-order valence-electron chi connectivity index (χ3n) is 4.16. The van der Waals surface area contributed by atoms with E-state index in [1.165, 1.54) is 41.7 Å². The number of nitrogens with zero attached hydrogens (tertiary/aromatic N) is 1. The first-order valence-corrected chi connectivity index (χ1v) is 9.64. The van der Waals surface area contributed by atoms with E-state index in [1.807, 2.05) is 0 Å². The molecule has 1 N–H and O–H groups in total. The Morgan fingerprint density at radius 2 is 1.80 bits per heavy atom. The van der Waals surface area contributed by atoms with E-state index in [0.29, 0.717) is 10.4 Å². The van der Waals surface area contributed by atoms with E-state index in [9.17, 15) is 24.5 Å². The minimum Gasteiger partial charge on any atom is -0.452 e. The molecule has 3 rings (SSSR count). The van der Waals surface area contributed by atoms with Crippen LogP contribution in [0.25, 0.3) is 0 Å². The van der Waals surface area contributed by atoms with Gasteiger partial charge in [0.25, 0.3) is 11.6 Å². The molecule has 0 aliphatic heterocycles. The number of hydrogen-bond acceptors (Lipinski definition) is 7. The van der Waals surface area contributed by atoms with Gasteiger partial charge in [-0.15, -0.1) is 11.3 Å². The van der Waals surface area contributed by atoms with Gasteiger partial charge in [-0.3, -0.25) is 19.7 Å². The number of esters is 1. The second-order valence-electron chi connectivity index (χ2n) is 6.23. The number of thiophene rings is 1. The van der Waals surface area contributed by atoms with Crippen molar-refractivity contribution in [2.24, 2.45) is 0 Å². The summed E-state index contributed by atoms with van der Waals surface area (Å²) >= 11 is 1.26. The number of ketones is 1. The van der Waals surface area contributed by atoms with Gasteiger partial charge in [0.05, 0.1) is 15.4 Å². The van der Waals surface area contributed by atoms with Gasteiger partial charge in [0.15, 0.2) is 6.61 Å². The van der Waals surface area contributed by atoms with E-state index in [4.69, 9.17) is 4.74 Å². The largest absolute Gasteiger partial charge is 0.452 e. The molecule has 0 saturated heterocycles. The highest BCUT2D eigenvalue weighted by molar-refractivity contribution is 7.12. The summed E-state index contributed by atoms with van der Waals surface area (Å²) in [5.41, 5.74) is 0.762. The Hall–Kier alpha value is -3.85. The van der Waals surface area contributed by atoms with E-state index < -0.39 is 23.4 Å². The lowest BCUT2D eigenvalue weighted by atomic mass is 10.0. The zero-order chi connectivity index (χ0) is 21.7. The maximum atomic E-state index is 12.6. The summed E-state index contributed by atoms with van der Waals surface area (Å²) in [6.07, 6.45) is 0. The molecule has 152 valence electrons. The number of carbonyl (C=O) groups is 3. The number of ether oxygens (including phenoxy) is 1. The Morgan fingerprint density at radius 1 is 1.07 bits per heavy atom. The molecule has 0 aliphatic rings. The fraction of sp³-hybridized carbons (Fsp3) is 0.0952. The summed E-state index contributed by atoms with van der Waals surface area (Å²) in [5, 5.41) is 15.2. The number of rotatable bonds is 7. The second kappa shape index (κ2) is 9.10. The van der Waals surface area contributed by atoms with Crippen molar-refractivity contribution in [2.45, 2.75) is 6.92 Å². The van der Waals surface area contributed by atoms with Gasteiger partial charge in [0.2, 0.25) is 5.78 Å². The van der Waals surface area contributed by atoms with Gasteiger partial charge < -0.3 is 10.1 Å². The number of aryl methyl sites for hydroxylation is 1. The van der Waals surface area contributed by atoms with Gasteiger partial charge in [-0.25, -0.2) is 4.79 Å². The molecule has 9 heteroatoms. The zero-order valence-corrected chi connectivity index (χ0v) is 16.6. The van der Waals surface area contributed by atoms with Gasteiger partial charge in [-0.2, -0.15) is 0 Å². The van der Waals surface area contributed by atoms with E-state index in [1.54, 1.807) is 36.6 Å². The number of nitro groups is 1. The molecule has 0 atom stereocenters. The highest BCUT2D eigenvalue weighted by Crippen LogP contribution is 2.22. The summed E-state index contributed by atoms with van der Waals surface area (Å²) in [7, 11) is 0. The third-order valence-corrected chi connectivity index (χ3v) is 5.03. The van der Waals surface area contributed by atoms with Crippen LogP contribution < -0.4 is 5.32 Å². The summed E-state index contributed by atoms with van der Waals surface area (Å²) in [4.78, 5) is 48.1. The van der Waals surface area contributed by atoms with Crippen LogP contribution in [0.1, 0.15) is 31.2 Å². The van der Waals surface area contributed by atoms with Crippen LogP contribution in [0.3, 0.4) is 0 Å².